The van der Waals surface area contributed by atoms with Gasteiger partial charge in [-0.3, -0.25) is 18.7 Å². The number of halogens is 1. The highest BCUT2D eigenvalue weighted by Gasteiger charge is 2.18. The molecule has 0 aliphatic carbocycles. The van der Waals surface area contributed by atoms with Crippen molar-refractivity contribution in [3.05, 3.63) is 73.9 Å². The van der Waals surface area contributed by atoms with Gasteiger partial charge in [-0.05, 0) is 50.1 Å². The van der Waals surface area contributed by atoms with Gasteiger partial charge in [-0.15, -0.1) is 0 Å². The van der Waals surface area contributed by atoms with Crippen LogP contribution in [-0.2, 0) is 11.3 Å². The molecule has 1 heterocycles. The summed E-state index contributed by atoms with van der Waals surface area (Å²) in [6, 6.07) is 11.9. The third-order valence-corrected chi connectivity index (χ3v) is 5.13. The highest BCUT2D eigenvalue weighted by atomic mass is 35.5. The molecule has 0 aliphatic heterocycles. The molecule has 6 nitrogen and oxygen atoms in total. The van der Waals surface area contributed by atoms with Gasteiger partial charge in [0, 0.05) is 6.04 Å². The monoisotopic (exact) mass is 399 g/mol. The Labute approximate surface area is 167 Å². The van der Waals surface area contributed by atoms with Crippen molar-refractivity contribution in [1.29, 1.82) is 0 Å². The van der Waals surface area contributed by atoms with Gasteiger partial charge in [0.05, 0.1) is 21.6 Å². The van der Waals surface area contributed by atoms with Crippen LogP contribution in [0.5, 0.6) is 0 Å². The predicted molar refractivity (Wildman–Crippen MR) is 112 cm³/mol. The second-order valence-electron chi connectivity index (χ2n) is 6.85. The number of carbonyl (C=O) groups is 1. The molecular formula is C21H22ClN3O3. The van der Waals surface area contributed by atoms with Crippen molar-refractivity contribution in [3.63, 3.8) is 0 Å². The molecular weight excluding hydrogens is 378 g/mol. The molecule has 0 aliphatic rings. The second-order valence-corrected chi connectivity index (χ2v) is 7.26. The van der Waals surface area contributed by atoms with E-state index in [1.165, 1.54) is 9.13 Å². The Balaban J connectivity index is 2.06. The molecule has 0 unspecified atom stereocenters. The summed E-state index contributed by atoms with van der Waals surface area (Å²) < 4.78 is 2.55. The van der Waals surface area contributed by atoms with Gasteiger partial charge in [-0.25, -0.2) is 4.79 Å². The largest absolute Gasteiger partial charge is 0.332 e. The van der Waals surface area contributed by atoms with Crippen molar-refractivity contribution < 1.29 is 4.79 Å². The third-order valence-electron chi connectivity index (χ3n) is 4.81. The molecule has 0 saturated heterocycles. The first kappa shape index (κ1) is 19.9. The number of benzene rings is 2. The predicted octanol–water partition coefficient (Wildman–Crippen LogP) is 3.73. The van der Waals surface area contributed by atoms with Crippen LogP contribution >= 0.6 is 11.6 Å². The standard InChI is InChI=1S/C21H22ClN3O3/c1-4-14(3)25-20(27)15-7-5-6-8-18(15)24(21(25)28)12-19(26)23-17-10-9-13(2)11-16(17)22/h5-11,14H,4,12H2,1-3H3,(H,23,26)/t14-/m1/s1. The quantitative estimate of drug-likeness (QED) is 0.710. The molecule has 3 aromatic rings. The van der Waals surface area contributed by atoms with Gasteiger partial charge in [0.25, 0.3) is 5.56 Å². The van der Waals surface area contributed by atoms with Crippen LogP contribution in [0.4, 0.5) is 5.69 Å². The number of nitrogens with zero attached hydrogens (tertiary/aromatic N) is 2. The van der Waals surface area contributed by atoms with Crippen LogP contribution in [0, 0.1) is 6.92 Å². The number of nitrogens with one attached hydrogen (secondary N) is 1. The van der Waals surface area contributed by atoms with E-state index in [1.807, 2.05) is 26.8 Å². The molecule has 1 N–H and O–H groups in total. The zero-order chi connectivity index (χ0) is 20.4. The lowest BCUT2D eigenvalue weighted by atomic mass is 10.2. The molecule has 1 amide bonds. The number of aromatic nitrogens is 2. The van der Waals surface area contributed by atoms with Gasteiger partial charge in [0.15, 0.2) is 0 Å². The van der Waals surface area contributed by atoms with Crippen molar-refractivity contribution in [3.8, 4) is 0 Å². The smallest absolute Gasteiger partial charge is 0.323 e. The lowest BCUT2D eigenvalue weighted by Crippen LogP contribution is -2.43. The van der Waals surface area contributed by atoms with E-state index in [0.29, 0.717) is 28.0 Å². The molecule has 146 valence electrons. The summed E-state index contributed by atoms with van der Waals surface area (Å²) in [4.78, 5) is 38.4. The Kier molecular flexibility index (Phi) is 5.70. The van der Waals surface area contributed by atoms with Crippen LogP contribution in [0.2, 0.25) is 5.02 Å². The van der Waals surface area contributed by atoms with Crippen molar-refractivity contribution in [2.24, 2.45) is 0 Å². The van der Waals surface area contributed by atoms with Crippen LogP contribution in [0.15, 0.2) is 52.1 Å². The van der Waals surface area contributed by atoms with E-state index in [2.05, 4.69) is 5.32 Å². The SMILES string of the molecule is CC[C@@H](C)n1c(=O)c2ccccc2n(CC(=O)Nc2ccc(C)cc2Cl)c1=O. The van der Waals surface area contributed by atoms with E-state index < -0.39 is 11.6 Å². The van der Waals surface area contributed by atoms with Crippen LogP contribution in [0.25, 0.3) is 10.9 Å². The van der Waals surface area contributed by atoms with Gasteiger partial charge in [0.2, 0.25) is 5.91 Å². The minimum Gasteiger partial charge on any atom is -0.323 e. The third kappa shape index (κ3) is 3.73. The van der Waals surface area contributed by atoms with Gasteiger partial charge in [-0.1, -0.05) is 36.7 Å². The lowest BCUT2D eigenvalue weighted by Gasteiger charge is -2.17. The molecule has 2 aromatic carbocycles. The van der Waals surface area contributed by atoms with Gasteiger partial charge < -0.3 is 5.32 Å². The number of hydrogen-bond donors (Lipinski definition) is 1. The Bertz CT molecular complexity index is 1160. The minimum atomic E-state index is -0.497. The molecule has 1 atom stereocenters. The molecule has 0 fully saturated rings. The van der Waals surface area contributed by atoms with Crippen LogP contribution in [0.1, 0.15) is 31.9 Å². The van der Waals surface area contributed by atoms with E-state index in [1.54, 1.807) is 36.4 Å². The number of hydrogen-bond acceptors (Lipinski definition) is 3. The van der Waals surface area contributed by atoms with Crippen LogP contribution in [0.3, 0.4) is 0 Å². The summed E-state index contributed by atoms with van der Waals surface area (Å²) >= 11 is 6.18. The average molecular weight is 400 g/mol. The molecule has 0 bridgehead atoms. The van der Waals surface area contributed by atoms with Crippen molar-refractivity contribution in [1.82, 2.24) is 9.13 Å². The highest BCUT2D eigenvalue weighted by molar-refractivity contribution is 6.33. The van der Waals surface area contributed by atoms with Crippen LogP contribution in [-0.4, -0.2) is 15.0 Å². The fourth-order valence-corrected chi connectivity index (χ4v) is 3.40. The number of amides is 1. The number of anilines is 1. The average Bonchev–Trinajstić information content (AvgIpc) is 2.67. The van der Waals surface area contributed by atoms with Gasteiger partial charge in [-0.2, -0.15) is 0 Å². The lowest BCUT2D eigenvalue weighted by molar-refractivity contribution is -0.116. The van der Waals surface area contributed by atoms with Crippen molar-refractivity contribution in [2.45, 2.75) is 39.8 Å². The summed E-state index contributed by atoms with van der Waals surface area (Å²) in [6.07, 6.45) is 0.624. The van der Waals surface area contributed by atoms with E-state index in [4.69, 9.17) is 11.6 Å². The maximum atomic E-state index is 13.0. The topological polar surface area (TPSA) is 73.1 Å². The van der Waals surface area contributed by atoms with Gasteiger partial charge in [0.1, 0.15) is 6.54 Å². The Hall–Kier alpha value is -2.86. The Morgan fingerprint density at radius 1 is 1.18 bits per heavy atom. The number of aryl methyl sites for hydroxylation is 1. The molecule has 0 radical (unpaired) electrons. The summed E-state index contributed by atoms with van der Waals surface area (Å²) in [5, 5.41) is 3.57. The van der Waals surface area contributed by atoms with E-state index in [-0.39, 0.29) is 18.1 Å². The van der Waals surface area contributed by atoms with E-state index in [9.17, 15) is 14.4 Å². The maximum Gasteiger partial charge on any atom is 0.332 e. The zero-order valence-electron chi connectivity index (χ0n) is 16.0. The second kappa shape index (κ2) is 8.02. The molecule has 0 spiro atoms. The van der Waals surface area contributed by atoms with Crippen molar-refractivity contribution >= 4 is 34.1 Å². The Morgan fingerprint density at radius 2 is 1.89 bits per heavy atom. The minimum absolute atomic E-state index is 0.222. The molecule has 0 saturated carbocycles. The normalized spacial score (nSPS) is 12.1. The molecule has 28 heavy (non-hydrogen) atoms. The number of fused-ring (bicyclic) bond motifs is 1. The first-order chi connectivity index (χ1) is 13.3. The van der Waals surface area contributed by atoms with E-state index >= 15 is 0 Å². The highest BCUT2D eigenvalue weighted by Crippen LogP contribution is 2.22. The zero-order valence-corrected chi connectivity index (χ0v) is 16.8. The first-order valence-corrected chi connectivity index (χ1v) is 9.51. The maximum absolute atomic E-state index is 13.0. The Morgan fingerprint density at radius 3 is 2.57 bits per heavy atom. The number of para-hydroxylation sites is 1. The summed E-state index contributed by atoms with van der Waals surface area (Å²) in [6.45, 7) is 5.40. The molecule has 3 rings (SSSR count). The number of carbonyl (C=O) groups excluding carboxylic acids is 1. The number of rotatable bonds is 5. The van der Waals surface area contributed by atoms with Gasteiger partial charge >= 0.3 is 5.69 Å². The first-order valence-electron chi connectivity index (χ1n) is 9.13. The fourth-order valence-electron chi connectivity index (χ4n) is 3.12. The van der Waals surface area contributed by atoms with Crippen LogP contribution < -0.4 is 16.6 Å². The van der Waals surface area contributed by atoms with E-state index in [0.717, 1.165) is 5.56 Å². The summed E-state index contributed by atoms with van der Waals surface area (Å²) in [7, 11) is 0. The molecule has 1 aromatic heterocycles. The molecule has 7 heteroatoms. The van der Waals surface area contributed by atoms with Crippen molar-refractivity contribution in [2.75, 3.05) is 5.32 Å². The summed E-state index contributed by atoms with van der Waals surface area (Å²) in [5.74, 6) is -0.396. The summed E-state index contributed by atoms with van der Waals surface area (Å²) in [5.41, 5.74) is 1.05. The fraction of sp³-hybridized carbons (Fsp3) is 0.286.